The first-order valence-corrected chi connectivity index (χ1v) is 15.6. The van der Waals surface area contributed by atoms with Gasteiger partial charge in [-0.2, -0.15) is 9.97 Å². The van der Waals surface area contributed by atoms with E-state index in [0.717, 1.165) is 38.5 Å². The minimum Gasteiger partial charge on any atom is -0.437 e. The molecule has 0 N–H and O–H groups in total. The monoisotopic (exact) mass is 601 g/mol. The van der Waals surface area contributed by atoms with E-state index in [1.807, 2.05) is 29.5 Å². The lowest BCUT2D eigenvalue weighted by Crippen LogP contribution is -2.00. The third-order valence-electron chi connectivity index (χ3n) is 8.76. The third kappa shape index (κ3) is 3.23. The van der Waals surface area contributed by atoms with Gasteiger partial charge in [0.15, 0.2) is 5.82 Å². The Kier molecular flexibility index (Phi) is 4.90. The van der Waals surface area contributed by atoms with Crippen LogP contribution in [0.3, 0.4) is 0 Å². The molecule has 0 saturated carbocycles. The second-order valence-corrected chi connectivity index (χ2v) is 12.5. The van der Waals surface area contributed by atoms with Crippen LogP contribution in [0.1, 0.15) is 0 Å². The highest BCUT2D eigenvalue weighted by Crippen LogP contribution is 2.48. The zero-order valence-electron chi connectivity index (χ0n) is 23.1. The van der Waals surface area contributed by atoms with Crippen molar-refractivity contribution in [3.63, 3.8) is 0 Å². The largest absolute Gasteiger partial charge is 0.437 e. The molecule has 206 valence electrons. The predicted molar refractivity (Wildman–Crippen MR) is 184 cm³/mol. The first-order chi connectivity index (χ1) is 21.7. The quantitative estimate of drug-likeness (QED) is 0.185. The molecule has 0 aliphatic heterocycles. The van der Waals surface area contributed by atoms with Gasteiger partial charge in [0, 0.05) is 31.6 Å². The second kappa shape index (κ2) is 8.89. The van der Waals surface area contributed by atoms with Crippen molar-refractivity contribution in [3.8, 4) is 16.9 Å². The average molecular weight is 602 g/mol. The van der Waals surface area contributed by atoms with Gasteiger partial charge in [-0.05, 0) is 57.8 Å². The first kappa shape index (κ1) is 24.2. The summed E-state index contributed by atoms with van der Waals surface area (Å²) in [6, 6.07) is 42.6. The maximum absolute atomic E-state index is 6.68. The highest BCUT2D eigenvalue weighted by Gasteiger charge is 2.25. The first-order valence-electron chi connectivity index (χ1n) is 14.5. The molecule has 44 heavy (non-hydrogen) atoms. The zero-order chi connectivity index (χ0) is 28.9. The number of hydrogen-bond donors (Lipinski definition) is 0. The van der Waals surface area contributed by atoms with Gasteiger partial charge in [-0.3, -0.25) is 4.57 Å². The summed E-state index contributed by atoms with van der Waals surface area (Å²) in [4.78, 5) is 9.52. The lowest BCUT2D eigenvalue weighted by molar-refractivity contribution is 0.652. The van der Waals surface area contributed by atoms with Crippen LogP contribution in [-0.4, -0.2) is 14.5 Å². The molecule has 10 aromatic rings. The summed E-state index contributed by atoms with van der Waals surface area (Å²) in [5, 5.41) is 9.30. The van der Waals surface area contributed by atoms with E-state index in [-0.39, 0.29) is 5.28 Å². The molecule has 0 radical (unpaired) electrons. The van der Waals surface area contributed by atoms with Crippen LogP contribution in [0.5, 0.6) is 0 Å². The molecule has 10 rings (SSSR count). The van der Waals surface area contributed by atoms with Crippen LogP contribution in [0.4, 0.5) is 0 Å². The van der Waals surface area contributed by atoms with E-state index in [1.165, 1.54) is 41.7 Å². The lowest BCUT2D eigenvalue weighted by atomic mass is 9.99. The van der Waals surface area contributed by atoms with Gasteiger partial charge in [0.25, 0.3) is 0 Å². The number of furan rings is 1. The fraction of sp³-hybridized carbons (Fsp3) is 0. The second-order valence-electron chi connectivity index (χ2n) is 11.1. The number of benzene rings is 6. The van der Waals surface area contributed by atoms with Gasteiger partial charge < -0.3 is 4.42 Å². The summed E-state index contributed by atoms with van der Waals surface area (Å²) in [7, 11) is 0. The Balaban J connectivity index is 1.42. The van der Waals surface area contributed by atoms with Gasteiger partial charge in [-0.15, -0.1) is 11.3 Å². The molecule has 0 aliphatic rings. The van der Waals surface area contributed by atoms with Gasteiger partial charge in [0.1, 0.15) is 5.58 Å². The summed E-state index contributed by atoms with van der Waals surface area (Å²) in [5.41, 5.74) is 5.60. The molecule has 0 saturated heterocycles. The Labute approximate surface area is 259 Å². The standard InChI is InChI=1S/C38H20ClN3OS/c39-38-40-36(33-26-19-18-22(21-10-2-1-3-11-21)20-29(26)43-37(33)41-38)42-28-16-8-6-14-25(28)31-23-12-4-5-13-24(23)32-27-15-7-9-17-30(27)44-35(32)34(31)42/h1-20H. The van der Waals surface area contributed by atoms with Crippen LogP contribution >= 0.6 is 22.9 Å². The smallest absolute Gasteiger partial charge is 0.233 e. The van der Waals surface area contributed by atoms with Gasteiger partial charge in [-0.25, -0.2) is 0 Å². The highest BCUT2D eigenvalue weighted by molar-refractivity contribution is 7.27. The predicted octanol–water partition coefficient (Wildman–Crippen LogP) is 11.3. The molecule has 0 fully saturated rings. The molecule has 0 spiro atoms. The molecule has 4 aromatic heterocycles. The average Bonchev–Trinajstić information content (AvgIpc) is 3.74. The van der Waals surface area contributed by atoms with Gasteiger partial charge in [0.2, 0.25) is 11.0 Å². The van der Waals surface area contributed by atoms with Crippen molar-refractivity contribution in [1.29, 1.82) is 0 Å². The number of thiophene rings is 1. The number of para-hydroxylation sites is 1. The Bertz CT molecular complexity index is 2790. The molecule has 4 heterocycles. The number of rotatable bonds is 2. The molecule has 0 unspecified atom stereocenters. The number of aromatic nitrogens is 3. The van der Waals surface area contributed by atoms with Crippen LogP contribution in [0.2, 0.25) is 5.28 Å². The van der Waals surface area contributed by atoms with E-state index in [1.54, 1.807) is 0 Å². The Hall–Kier alpha value is -5.23. The van der Waals surface area contributed by atoms with Crippen molar-refractivity contribution in [2.24, 2.45) is 0 Å². The van der Waals surface area contributed by atoms with Crippen molar-refractivity contribution >= 4 is 97.8 Å². The van der Waals surface area contributed by atoms with Crippen molar-refractivity contribution in [3.05, 3.63) is 127 Å². The van der Waals surface area contributed by atoms with E-state index in [0.29, 0.717) is 11.5 Å². The molecule has 6 heteroatoms. The number of fused-ring (bicyclic) bond motifs is 13. The van der Waals surface area contributed by atoms with Gasteiger partial charge >= 0.3 is 0 Å². The molecule has 0 amide bonds. The molecular formula is C38H20ClN3OS. The molecule has 6 aromatic carbocycles. The molecule has 0 bridgehead atoms. The molecule has 0 aliphatic carbocycles. The van der Waals surface area contributed by atoms with Crippen LogP contribution in [0.15, 0.2) is 126 Å². The van der Waals surface area contributed by atoms with Crippen LogP contribution in [-0.2, 0) is 0 Å². The third-order valence-corrected chi connectivity index (χ3v) is 10.1. The van der Waals surface area contributed by atoms with Crippen molar-refractivity contribution in [2.45, 2.75) is 0 Å². The fourth-order valence-electron chi connectivity index (χ4n) is 6.95. The van der Waals surface area contributed by atoms with Crippen LogP contribution < -0.4 is 0 Å². The molecule has 4 nitrogen and oxygen atoms in total. The minimum absolute atomic E-state index is 0.147. The van der Waals surface area contributed by atoms with Crippen molar-refractivity contribution in [2.75, 3.05) is 0 Å². The minimum atomic E-state index is 0.147. The van der Waals surface area contributed by atoms with E-state index in [9.17, 15) is 0 Å². The maximum Gasteiger partial charge on any atom is 0.233 e. The Morgan fingerprint density at radius 2 is 1.30 bits per heavy atom. The van der Waals surface area contributed by atoms with E-state index in [4.69, 9.17) is 21.0 Å². The summed E-state index contributed by atoms with van der Waals surface area (Å²) in [6.07, 6.45) is 0. The lowest BCUT2D eigenvalue weighted by Gasteiger charge is -2.10. The summed E-state index contributed by atoms with van der Waals surface area (Å²) < 4.78 is 11.2. The fourth-order valence-corrected chi connectivity index (χ4v) is 8.36. The summed E-state index contributed by atoms with van der Waals surface area (Å²) in [6.45, 7) is 0. The van der Waals surface area contributed by atoms with E-state index >= 15 is 0 Å². The Morgan fingerprint density at radius 1 is 0.591 bits per heavy atom. The van der Waals surface area contributed by atoms with Crippen LogP contribution in [0, 0.1) is 0 Å². The number of nitrogens with zero attached hydrogens (tertiary/aromatic N) is 3. The Morgan fingerprint density at radius 3 is 2.14 bits per heavy atom. The maximum atomic E-state index is 6.68. The zero-order valence-corrected chi connectivity index (χ0v) is 24.7. The van der Waals surface area contributed by atoms with Crippen molar-refractivity contribution in [1.82, 2.24) is 14.5 Å². The number of hydrogen-bond acceptors (Lipinski definition) is 4. The topological polar surface area (TPSA) is 43.9 Å². The van der Waals surface area contributed by atoms with E-state index in [2.05, 4.69) is 113 Å². The van der Waals surface area contributed by atoms with Gasteiger partial charge in [0.05, 0.1) is 21.1 Å². The SMILES string of the molecule is Clc1nc(-n2c3ccccc3c3c4ccccc4c4c5ccccc5sc4c32)c2c(n1)oc1cc(-c3ccccc3)ccc12. The van der Waals surface area contributed by atoms with E-state index < -0.39 is 0 Å². The molecular weight excluding hydrogens is 582 g/mol. The van der Waals surface area contributed by atoms with Gasteiger partial charge in [-0.1, -0.05) is 97.1 Å². The molecule has 0 atom stereocenters. The highest BCUT2D eigenvalue weighted by atomic mass is 35.5. The number of halogens is 1. The summed E-state index contributed by atoms with van der Waals surface area (Å²) >= 11 is 8.51. The van der Waals surface area contributed by atoms with Crippen LogP contribution in [0.25, 0.3) is 91.8 Å². The normalized spacial score (nSPS) is 12.2. The summed E-state index contributed by atoms with van der Waals surface area (Å²) in [5.74, 6) is 0.714. The van der Waals surface area contributed by atoms with Crippen molar-refractivity contribution < 1.29 is 4.42 Å².